The number of aliphatic carboxylic acids is 1. The van der Waals surface area contributed by atoms with E-state index in [1.165, 1.54) is 12.1 Å². The molecule has 1 aromatic carbocycles. The molecule has 0 spiro atoms. The van der Waals surface area contributed by atoms with Crippen LogP contribution < -0.4 is 10.6 Å². The average Bonchev–Trinajstić information content (AvgIpc) is 2.87. The zero-order valence-corrected chi connectivity index (χ0v) is 15.6. The lowest BCUT2D eigenvalue weighted by Crippen LogP contribution is -2.46. The molecular formula is C18H21FN2O4S. The molecule has 0 saturated heterocycles. The molecule has 6 nitrogen and oxygen atoms in total. The molecule has 0 saturated carbocycles. The zero-order valence-electron chi connectivity index (χ0n) is 14.8. The molecule has 3 N–H and O–H groups in total. The minimum Gasteiger partial charge on any atom is -0.480 e. The Balaban J connectivity index is 2.01. The van der Waals surface area contributed by atoms with Gasteiger partial charge in [-0.15, -0.1) is 11.3 Å². The molecule has 0 aliphatic rings. The lowest BCUT2D eigenvalue weighted by Gasteiger charge is -2.16. The number of fused-ring (bicyclic) bond motifs is 1. The van der Waals surface area contributed by atoms with Gasteiger partial charge in [0.05, 0.1) is 11.4 Å². The van der Waals surface area contributed by atoms with Gasteiger partial charge in [0.15, 0.2) is 0 Å². The van der Waals surface area contributed by atoms with Crippen LogP contribution in [0.2, 0.25) is 0 Å². The van der Waals surface area contributed by atoms with E-state index in [0.29, 0.717) is 21.6 Å². The summed E-state index contributed by atoms with van der Waals surface area (Å²) in [7, 11) is 0. The van der Waals surface area contributed by atoms with Gasteiger partial charge < -0.3 is 15.7 Å². The van der Waals surface area contributed by atoms with Crippen molar-refractivity contribution >= 4 is 39.2 Å². The average molecular weight is 380 g/mol. The molecule has 0 fully saturated rings. The topological polar surface area (TPSA) is 95.5 Å². The minimum atomic E-state index is -1.11. The van der Waals surface area contributed by atoms with Crippen molar-refractivity contribution in [2.75, 3.05) is 6.54 Å². The van der Waals surface area contributed by atoms with Crippen molar-refractivity contribution in [2.45, 2.75) is 33.2 Å². The summed E-state index contributed by atoms with van der Waals surface area (Å²) >= 11 is 1.15. The van der Waals surface area contributed by atoms with Gasteiger partial charge in [-0.1, -0.05) is 19.9 Å². The summed E-state index contributed by atoms with van der Waals surface area (Å²) in [5.41, 5.74) is 0.714. The highest BCUT2D eigenvalue weighted by Crippen LogP contribution is 2.31. The SMILES string of the molecule is Cc1c(C(=O)NCC(=O)N[C@@H](CC(C)C)C(=O)O)sc2cc(F)ccc12. The number of rotatable bonds is 7. The second kappa shape index (κ2) is 8.27. The number of amides is 2. The summed E-state index contributed by atoms with van der Waals surface area (Å²) in [5, 5.41) is 14.8. The summed E-state index contributed by atoms with van der Waals surface area (Å²) in [6.07, 6.45) is 0.302. The van der Waals surface area contributed by atoms with E-state index in [2.05, 4.69) is 10.6 Å². The lowest BCUT2D eigenvalue weighted by atomic mass is 10.0. The van der Waals surface area contributed by atoms with Crippen molar-refractivity contribution in [3.63, 3.8) is 0 Å². The fourth-order valence-corrected chi connectivity index (χ4v) is 3.75. The van der Waals surface area contributed by atoms with Crippen LogP contribution in [0.3, 0.4) is 0 Å². The Bertz CT molecular complexity index is 847. The normalized spacial score (nSPS) is 12.2. The van der Waals surface area contributed by atoms with Crippen molar-refractivity contribution in [3.05, 3.63) is 34.5 Å². The predicted molar refractivity (Wildman–Crippen MR) is 97.9 cm³/mol. The maximum absolute atomic E-state index is 13.3. The smallest absolute Gasteiger partial charge is 0.326 e. The van der Waals surface area contributed by atoms with Gasteiger partial charge in [-0.3, -0.25) is 9.59 Å². The molecule has 2 rings (SSSR count). The van der Waals surface area contributed by atoms with Gasteiger partial charge in [0.2, 0.25) is 5.91 Å². The summed E-state index contributed by atoms with van der Waals surface area (Å²) in [4.78, 5) is 35.8. The first kappa shape index (κ1) is 19.8. The van der Waals surface area contributed by atoms with E-state index in [1.807, 2.05) is 13.8 Å². The van der Waals surface area contributed by atoms with E-state index in [9.17, 15) is 18.8 Å². The van der Waals surface area contributed by atoms with Gasteiger partial charge in [-0.25, -0.2) is 9.18 Å². The zero-order chi connectivity index (χ0) is 19.4. The molecular weight excluding hydrogens is 359 g/mol. The number of carbonyl (C=O) groups is 3. The van der Waals surface area contributed by atoms with Crippen molar-refractivity contribution in [2.24, 2.45) is 5.92 Å². The van der Waals surface area contributed by atoms with Crippen LogP contribution in [0, 0.1) is 18.7 Å². The van der Waals surface area contributed by atoms with E-state index in [0.717, 1.165) is 16.7 Å². The molecule has 0 aliphatic heterocycles. The molecule has 1 heterocycles. The summed E-state index contributed by atoms with van der Waals surface area (Å²) in [5.74, 6) is -2.41. The number of aryl methyl sites for hydroxylation is 1. The predicted octanol–water partition coefficient (Wildman–Crippen LogP) is 2.69. The summed E-state index contributed by atoms with van der Waals surface area (Å²) < 4.78 is 14.0. The van der Waals surface area contributed by atoms with Gasteiger partial charge in [0.1, 0.15) is 11.9 Å². The Morgan fingerprint density at radius 3 is 2.58 bits per heavy atom. The maximum atomic E-state index is 13.3. The Morgan fingerprint density at radius 2 is 1.96 bits per heavy atom. The third-order valence-electron chi connectivity index (χ3n) is 3.86. The minimum absolute atomic E-state index is 0.104. The van der Waals surface area contributed by atoms with Gasteiger partial charge in [-0.2, -0.15) is 0 Å². The first-order valence-corrected chi connectivity index (χ1v) is 8.99. The van der Waals surface area contributed by atoms with Gasteiger partial charge >= 0.3 is 5.97 Å². The molecule has 0 unspecified atom stereocenters. The number of thiophene rings is 1. The van der Waals surface area contributed by atoms with Crippen molar-refractivity contribution in [3.8, 4) is 0 Å². The fraction of sp³-hybridized carbons (Fsp3) is 0.389. The van der Waals surface area contributed by atoms with Crippen molar-refractivity contribution in [1.29, 1.82) is 0 Å². The number of carboxylic acids is 1. The summed E-state index contributed by atoms with van der Waals surface area (Å²) in [6, 6.07) is 3.31. The molecule has 1 atom stereocenters. The van der Waals surface area contributed by atoms with Gasteiger partial charge in [-0.05, 0) is 42.3 Å². The van der Waals surface area contributed by atoms with Crippen LogP contribution in [-0.4, -0.2) is 35.5 Å². The largest absolute Gasteiger partial charge is 0.480 e. The van der Waals surface area contributed by atoms with Crippen molar-refractivity contribution < 1.29 is 23.9 Å². The third-order valence-corrected chi connectivity index (χ3v) is 5.11. The van der Waals surface area contributed by atoms with Gasteiger partial charge in [0, 0.05) is 4.70 Å². The molecule has 0 aliphatic carbocycles. The van der Waals surface area contributed by atoms with E-state index in [4.69, 9.17) is 5.11 Å². The number of benzene rings is 1. The maximum Gasteiger partial charge on any atom is 0.326 e. The number of hydrogen-bond donors (Lipinski definition) is 3. The number of carboxylic acid groups (broad SMARTS) is 1. The highest BCUT2D eigenvalue weighted by atomic mass is 32.1. The molecule has 2 amide bonds. The molecule has 2 aromatic rings. The van der Waals surface area contributed by atoms with Crippen LogP contribution in [0.5, 0.6) is 0 Å². The highest BCUT2D eigenvalue weighted by molar-refractivity contribution is 7.21. The van der Waals surface area contributed by atoms with E-state index >= 15 is 0 Å². The Kier molecular flexibility index (Phi) is 6.31. The Hall–Kier alpha value is -2.48. The van der Waals surface area contributed by atoms with Crippen LogP contribution in [0.25, 0.3) is 10.1 Å². The van der Waals surface area contributed by atoms with Crippen LogP contribution in [0.4, 0.5) is 4.39 Å². The number of nitrogens with one attached hydrogen (secondary N) is 2. The Labute approximate surface area is 154 Å². The summed E-state index contributed by atoms with van der Waals surface area (Å²) in [6.45, 7) is 5.14. The second-order valence-electron chi connectivity index (χ2n) is 6.47. The van der Waals surface area contributed by atoms with E-state index in [1.54, 1.807) is 13.0 Å². The van der Waals surface area contributed by atoms with E-state index < -0.39 is 23.8 Å². The standard InChI is InChI=1S/C18H21FN2O4S/c1-9(2)6-13(18(24)25)21-15(22)8-20-17(23)16-10(3)12-5-4-11(19)7-14(12)26-16/h4-5,7,9,13H,6,8H2,1-3H3,(H,20,23)(H,21,22)(H,24,25)/t13-/m0/s1. The van der Waals surface area contributed by atoms with Crippen LogP contribution in [0.1, 0.15) is 35.5 Å². The molecule has 0 bridgehead atoms. The number of hydrogen-bond acceptors (Lipinski definition) is 4. The van der Waals surface area contributed by atoms with Gasteiger partial charge in [0.25, 0.3) is 5.91 Å². The second-order valence-corrected chi connectivity index (χ2v) is 7.52. The third kappa shape index (κ3) is 4.78. The lowest BCUT2D eigenvalue weighted by molar-refractivity contribution is -0.142. The molecule has 8 heteroatoms. The number of carbonyl (C=O) groups excluding carboxylic acids is 2. The van der Waals surface area contributed by atoms with Crippen LogP contribution in [-0.2, 0) is 9.59 Å². The first-order valence-electron chi connectivity index (χ1n) is 8.18. The van der Waals surface area contributed by atoms with E-state index in [-0.39, 0.29) is 18.3 Å². The molecule has 26 heavy (non-hydrogen) atoms. The molecule has 0 radical (unpaired) electrons. The Morgan fingerprint density at radius 1 is 1.27 bits per heavy atom. The quantitative estimate of drug-likeness (QED) is 0.688. The van der Waals surface area contributed by atoms with Crippen LogP contribution in [0.15, 0.2) is 18.2 Å². The fourth-order valence-electron chi connectivity index (χ4n) is 2.59. The first-order chi connectivity index (χ1) is 12.2. The van der Waals surface area contributed by atoms with Crippen LogP contribution >= 0.6 is 11.3 Å². The number of halogens is 1. The monoisotopic (exact) mass is 380 g/mol. The highest BCUT2D eigenvalue weighted by Gasteiger charge is 2.22. The molecule has 140 valence electrons. The molecule has 1 aromatic heterocycles. The van der Waals surface area contributed by atoms with Crippen molar-refractivity contribution in [1.82, 2.24) is 10.6 Å².